The molecule has 2 amide bonds. The number of benzene rings is 1. The molecule has 2 aliphatic rings. The molecule has 34 heavy (non-hydrogen) atoms. The highest BCUT2D eigenvalue weighted by Crippen LogP contribution is 2.44. The number of nitrogens with zero attached hydrogens (tertiary/aromatic N) is 2. The molecule has 1 aliphatic carbocycles. The van der Waals surface area contributed by atoms with E-state index in [1.165, 1.54) is 29.4 Å². The molecule has 0 bridgehead atoms. The van der Waals surface area contributed by atoms with E-state index in [4.69, 9.17) is 9.40 Å². The second-order valence-corrected chi connectivity index (χ2v) is 10.2. The van der Waals surface area contributed by atoms with Crippen LogP contribution in [0.1, 0.15) is 46.5 Å². The van der Waals surface area contributed by atoms with Crippen molar-refractivity contribution in [2.45, 2.75) is 38.5 Å². The highest BCUT2D eigenvalue weighted by molar-refractivity contribution is 7.17. The first-order chi connectivity index (χ1) is 16.7. The van der Waals surface area contributed by atoms with E-state index in [-0.39, 0.29) is 17.7 Å². The Labute approximate surface area is 201 Å². The summed E-state index contributed by atoms with van der Waals surface area (Å²) in [5.74, 6) is 0.713. The van der Waals surface area contributed by atoms with Crippen LogP contribution >= 0.6 is 11.3 Å². The van der Waals surface area contributed by atoms with Gasteiger partial charge in [0.05, 0.1) is 28.4 Å². The maximum Gasteiger partial charge on any atom is 0.257 e. The van der Waals surface area contributed by atoms with Gasteiger partial charge in [0.15, 0.2) is 0 Å². The number of rotatable bonds is 4. The van der Waals surface area contributed by atoms with Gasteiger partial charge in [-0.1, -0.05) is 12.1 Å². The quantitative estimate of drug-likeness (QED) is 0.422. The fraction of sp³-hybridized carbons (Fsp3) is 0.346. The lowest BCUT2D eigenvalue weighted by Crippen LogP contribution is -2.41. The van der Waals surface area contributed by atoms with Crippen LogP contribution in [0.2, 0.25) is 0 Å². The maximum atomic E-state index is 13.3. The predicted octanol–water partition coefficient (Wildman–Crippen LogP) is 5.25. The molecule has 7 nitrogen and oxygen atoms in total. The Morgan fingerprint density at radius 3 is 2.74 bits per heavy atom. The van der Waals surface area contributed by atoms with Crippen molar-refractivity contribution in [1.82, 2.24) is 14.9 Å². The van der Waals surface area contributed by atoms with Gasteiger partial charge in [-0.15, -0.1) is 11.3 Å². The summed E-state index contributed by atoms with van der Waals surface area (Å²) < 4.78 is 5.04. The monoisotopic (exact) mass is 474 g/mol. The molecule has 8 heteroatoms. The van der Waals surface area contributed by atoms with Crippen LogP contribution < -0.4 is 5.32 Å². The Kier molecular flexibility index (Phi) is 5.45. The third-order valence-electron chi connectivity index (χ3n) is 6.96. The summed E-state index contributed by atoms with van der Waals surface area (Å²) in [7, 11) is 0. The van der Waals surface area contributed by atoms with Gasteiger partial charge in [0.1, 0.15) is 17.1 Å². The molecule has 4 aromatic rings. The zero-order valence-corrected chi connectivity index (χ0v) is 19.6. The van der Waals surface area contributed by atoms with Crippen LogP contribution in [0.3, 0.4) is 0 Å². The van der Waals surface area contributed by atoms with Crippen molar-refractivity contribution in [3.8, 4) is 11.4 Å². The minimum absolute atomic E-state index is 0.0337. The van der Waals surface area contributed by atoms with Crippen LogP contribution in [0.15, 0.2) is 47.3 Å². The number of thiophene rings is 1. The number of fused-ring (bicyclic) bond motifs is 2. The number of nitrogens with one attached hydrogen (secondary N) is 2. The number of hydrogen-bond donors (Lipinski definition) is 2. The average molecular weight is 475 g/mol. The summed E-state index contributed by atoms with van der Waals surface area (Å²) in [5.41, 5.74) is 4.87. The third kappa shape index (κ3) is 3.81. The van der Waals surface area contributed by atoms with Crippen molar-refractivity contribution < 1.29 is 14.0 Å². The predicted molar refractivity (Wildman–Crippen MR) is 132 cm³/mol. The van der Waals surface area contributed by atoms with Crippen molar-refractivity contribution in [3.63, 3.8) is 0 Å². The van der Waals surface area contributed by atoms with Gasteiger partial charge in [-0.25, -0.2) is 4.98 Å². The van der Waals surface area contributed by atoms with Crippen molar-refractivity contribution in [3.05, 3.63) is 58.9 Å². The fourth-order valence-electron chi connectivity index (χ4n) is 5.10. The number of H-pyrrole nitrogens is 1. The Balaban J connectivity index is 1.22. The number of likely N-dealkylation sites (tertiary alicyclic amines) is 1. The zero-order valence-electron chi connectivity index (χ0n) is 18.8. The number of para-hydroxylation sites is 2. The molecule has 0 spiro atoms. The van der Waals surface area contributed by atoms with Gasteiger partial charge in [0, 0.05) is 23.9 Å². The Bertz CT molecular complexity index is 1310. The number of aromatic amines is 1. The van der Waals surface area contributed by atoms with Gasteiger partial charge < -0.3 is 19.6 Å². The number of aromatic nitrogens is 2. The van der Waals surface area contributed by atoms with Crippen LogP contribution in [0, 0.1) is 5.92 Å². The van der Waals surface area contributed by atoms with Crippen LogP contribution in [-0.4, -0.2) is 39.8 Å². The maximum absolute atomic E-state index is 13.3. The minimum atomic E-state index is -0.115. The zero-order chi connectivity index (χ0) is 23.1. The smallest absolute Gasteiger partial charge is 0.257 e. The molecular formula is C26H26N4O3S. The second-order valence-electron chi connectivity index (χ2n) is 9.09. The first-order valence-corrected chi connectivity index (χ1v) is 12.7. The van der Waals surface area contributed by atoms with Gasteiger partial charge in [-0.2, -0.15) is 0 Å². The first kappa shape index (κ1) is 21.2. The highest BCUT2D eigenvalue weighted by Gasteiger charge is 2.30. The van der Waals surface area contributed by atoms with E-state index in [0.717, 1.165) is 46.7 Å². The summed E-state index contributed by atoms with van der Waals surface area (Å²) >= 11 is 1.70. The van der Waals surface area contributed by atoms with Gasteiger partial charge in [0.25, 0.3) is 5.91 Å². The molecule has 3 aromatic heterocycles. The molecule has 0 saturated carbocycles. The van der Waals surface area contributed by atoms with E-state index in [2.05, 4.69) is 10.3 Å². The van der Waals surface area contributed by atoms with E-state index in [0.29, 0.717) is 31.5 Å². The molecule has 1 aliphatic heterocycles. The van der Waals surface area contributed by atoms with Gasteiger partial charge in [0.2, 0.25) is 5.91 Å². The number of hydrogen-bond acceptors (Lipinski definition) is 5. The molecule has 174 valence electrons. The third-order valence-corrected chi connectivity index (χ3v) is 8.16. The SMILES string of the molecule is O=C(Nc1sc2c(c1-c1nc3ccccc3[nH]1)CCCC2)C1CCN(C(=O)c2ccoc2)CC1. The van der Waals surface area contributed by atoms with Crippen molar-refractivity contribution in [1.29, 1.82) is 0 Å². The summed E-state index contributed by atoms with van der Waals surface area (Å²) in [6, 6.07) is 9.70. The molecule has 0 unspecified atom stereocenters. The number of anilines is 1. The molecule has 0 atom stereocenters. The fourth-order valence-corrected chi connectivity index (χ4v) is 6.40. The average Bonchev–Trinajstić information content (AvgIpc) is 3.61. The van der Waals surface area contributed by atoms with Gasteiger partial charge >= 0.3 is 0 Å². The summed E-state index contributed by atoms with van der Waals surface area (Å²) in [4.78, 5) is 37.3. The van der Waals surface area contributed by atoms with Crippen molar-refractivity contribution in [2.24, 2.45) is 5.92 Å². The lowest BCUT2D eigenvalue weighted by Gasteiger charge is -2.31. The Morgan fingerprint density at radius 2 is 1.94 bits per heavy atom. The van der Waals surface area contributed by atoms with Crippen LogP contribution in [-0.2, 0) is 17.6 Å². The summed E-state index contributed by atoms with van der Waals surface area (Å²) in [5, 5.41) is 4.15. The first-order valence-electron chi connectivity index (χ1n) is 11.9. The number of carbonyl (C=O) groups is 2. The Hall–Kier alpha value is -3.39. The molecule has 1 aromatic carbocycles. The summed E-state index contributed by atoms with van der Waals surface area (Å²) in [6.45, 7) is 1.14. The number of amides is 2. The molecule has 2 N–H and O–H groups in total. The molecule has 4 heterocycles. The largest absolute Gasteiger partial charge is 0.472 e. The van der Waals surface area contributed by atoms with E-state index in [1.807, 2.05) is 24.3 Å². The number of carbonyl (C=O) groups excluding carboxylic acids is 2. The van der Waals surface area contributed by atoms with E-state index < -0.39 is 0 Å². The topological polar surface area (TPSA) is 91.2 Å². The van der Waals surface area contributed by atoms with Gasteiger partial charge in [-0.05, 0) is 62.3 Å². The van der Waals surface area contributed by atoms with E-state index in [1.54, 1.807) is 22.3 Å². The number of aryl methyl sites for hydroxylation is 1. The molecule has 0 radical (unpaired) electrons. The van der Waals surface area contributed by atoms with Crippen LogP contribution in [0.4, 0.5) is 5.00 Å². The number of furan rings is 1. The molecule has 1 fully saturated rings. The van der Waals surface area contributed by atoms with Crippen molar-refractivity contribution in [2.75, 3.05) is 18.4 Å². The minimum Gasteiger partial charge on any atom is -0.472 e. The lowest BCUT2D eigenvalue weighted by atomic mass is 9.94. The second kappa shape index (κ2) is 8.76. The van der Waals surface area contributed by atoms with Crippen LogP contribution in [0.25, 0.3) is 22.4 Å². The van der Waals surface area contributed by atoms with Gasteiger partial charge in [-0.3, -0.25) is 9.59 Å². The van der Waals surface area contributed by atoms with Crippen LogP contribution in [0.5, 0.6) is 0 Å². The Morgan fingerprint density at radius 1 is 1.12 bits per heavy atom. The number of imidazole rings is 1. The van der Waals surface area contributed by atoms with E-state index in [9.17, 15) is 9.59 Å². The standard InChI is InChI=1S/C26H26N4O3S/c31-24(16-9-12-30(13-10-16)26(32)17-11-14-33-15-17)29-25-22(18-5-1-4-8-21(18)34-25)23-27-19-6-2-3-7-20(19)28-23/h2-3,6-7,11,14-16H,1,4-5,8-10,12-13H2,(H,27,28)(H,29,31). The molecule has 6 rings (SSSR count). The molecular weight excluding hydrogens is 448 g/mol. The highest BCUT2D eigenvalue weighted by atomic mass is 32.1. The molecule has 1 saturated heterocycles. The summed E-state index contributed by atoms with van der Waals surface area (Å²) in [6.07, 6.45) is 8.70. The lowest BCUT2D eigenvalue weighted by molar-refractivity contribution is -0.121. The van der Waals surface area contributed by atoms with E-state index >= 15 is 0 Å². The van der Waals surface area contributed by atoms with Crippen molar-refractivity contribution >= 4 is 39.2 Å². The normalized spacial score (nSPS) is 16.5. The number of piperidine rings is 1.